The van der Waals surface area contributed by atoms with E-state index in [2.05, 4.69) is 21.2 Å². The predicted octanol–water partition coefficient (Wildman–Crippen LogP) is 6.44. The molecule has 0 saturated carbocycles. The Morgan fingerprint density at radius 1 is 1.05 bits per heavy atom. The molecule has 2 saturated heterocycles. The molecule has 234 valence electrons. The van der Waals surface area contributed by atoms with Gasteiger partial charge >= 0.3 is 12.3 Å². The van der Waals surface area contributed by atoms with E-state index < -0.39 is 23.4 Å². The molecule has 1 amide bonds. The molecule has 2 aliphatic rings. The molecule has 4 heterocycles. The second kappa shape index (κ2) is 12.3. The smallest absolute Gasteiger partial charge is 0.416 e. The highest BCUT2D eigenvalue weighted by atomic mass is 19.4. The number of nitrogens with zero attached hydrogens (tertiary/aromatic N) is 5. The molecule has 5 rings (SSSR count). The summed E-state index contributed by atoms with van der Waals surface area (Å²) in [5.74, 6) is 0.879. The molecule has 0 bridgehead atoms. The summed E-state index contributed by atoms with van der Waals surface area (Å²) in [5, 5.41) is 8.00. The molecule has 0 atom stereocenters. The van der Waals surface area contributed by atoms with Gasteiger partial charge in [0, 0.05) is 45.2 Å². The summed E-state index contributed by atoms with van der Waals surface area (Å²) in [6, 6.07) is 6.48. The van der Waals surface area contributed by atoms with Gasteiger partial charge < -0.3 is 15.0 Å². The first-order valence-corrected chi connectivity index (χ1v) is 15.3. The van der Waals surface area contributed by atoms with Gasteiger partial charge in [0.05, 0.1) is 17.0 Å². The van der Waals surface area contributed by atoms with Crippen LogP contribution in [0.2, 0.25) is 0 Å². The lowest BCUT2D eigenvalue weighted by atomic mass is 9.97. The fraction of sp³-hybridized carbons (Fsp3) is 0.594. The fourth-order valence-corrected chi connectivity index (χ4v) is 6.11. The molecule has 0 radical (unpaired) electrons. The van der Waals surface area contributed by atoms with Gasteiger partial charge in [-0.2, -0.15) is 13.2 Å². The van der Waals surface area contributed by atoms with Crippen molar-refractivity contribution in [3.63, 3.8) is 0 Å². The number of carbonyl (C=O) groups is 1. The van der Waals surface area contributed by atoms with E-state index >= 15 is 0 Å². The van der Waals surface area contributed by atoms with Crippen molar-refractivity contribution in [1.82, 2.24) is 24.8 Å². The van der Waals surface area contributed by atoms with Gasteiger partial charge in [0.2, 0.25) is 0 Å². The Bertz CT molecular complexity index is 1450. The van der Waals surface area contributed by atoms with E-state index in [9.17, 15) is 18.0 Å². The van der Waals surface area contributed by atoms with Crippen molar-refractivity contribution in [1.29, 1.82) is 0 Å². The first kappa shape index (κ1) is 31.1. The number of hydrogen-bond acceptors (Lipinski definition) is 6. The van der Waals surface area contributed by atoms with Crippen molar-refractivity contribution in [2.75, 3.05) is 31.1 Å². The second-order valence-corrected chi connectivity index (χ2v) is 12.9. The third-order valence-corrected chi connectivity index (χ3v) is 8.40. The number of anilines is 1. The first-order chi connectivity index (χ1) is 20.3. The number of ether oxygens (including phenoxy) is 1. The average molecular weight is 601 g/mol. The highest BCUT2D eigenvalue weighted by Gasteiger charge is 2.33. The minimum Gasteiger partial charge on any atom is -0.444 e. The Morgan fingerprint density at radius 2 is 1.74 bits per heavy atom. The van der Waals surface area contributed by atoms with E-state index in [0.29, 0.717) is 18.5 Å². The van der Waals surface area contributed by atoms with Crippen molar-refractivity contribution in [2.24, 2.45) is 0 Å². The molecule has 2 aromatic heterocycles. The summed E-state index contributed by atoms with van der Waals surface area (Å²) in [7, 11) is 0. The van der Waals surface area contributed by atoms with E-state index in [4.69, 9.17) is 14.8 Å². The second-order valence-electron chi connectivity index (χ2n) is 12.9. The molecule has 2 aliphatic heterocycles. The molecular formula is C32H43F3N6O2. The highest BCUT2D eigenvalue weighted by Crippen LogP contribution is 2.34. The summed E-state index contributed by atoms with van der Waals surface area (Å²) >= 11 is 0. The minimum absolute atomic E-state index is 0.0235. The van der Waals surface area contributed by atoms with Gasteiger partial charge in [-0.1, -0.05) is 12.1 Å². The number of halogens is 3. The van der Waals surface area contributed by atoms with Crippen molar-refractivity contribution < 1.29 is 22.7 Å². The van der Waals surface area contributed by atoms with E-state index in [1.165, 1.54) is 12.5 Å². The molecule has 1 aromatic carbocycles. The summed E-state index contributed by atoms with van der Waals surface area (Å²) in [6.45, 7) is 13.0. The third-order valence-electron chi connectivity index (χ3n) is 8.40. The van der Waals surface area contributed by atoms with E-state index in [0.717, 1.165) is 86.3 Å². The van der Waals surface area contributed by atoms with Crippen LogP contribution in [0.15, 0.2) is 24.3 Å². The molecule has 2 fully saturated rings. The topological polar surface area (TPSA) is 75.0 Å². The van der Waals surface area contributed by atoms with Crippen molar-refractivity contribution in [3.05, 3.63) is 57.9 Å². The predicted molar refractivity (Wildman–Crippen MR) is 160 cm³/mol. The minimum atomic E-state index is -4.42. The Balaban J connectivity index is 1.43. The number of amides is 1. The number of alkyl halides is 3. The maximum Gasteiger partial charge on any atom is 0.416 e. The van der Waals surface area contributed by atoms with Crippen LogP contribution in [0.5, 0.6) is 0 Å². The Morgan fingerprint density at radius 3 is 2.40 bits per heavy atom. The van der Waals surface area contributed by atoms with Crippen LogP contribution in [0.3, 0.4) is 0 Å². The molecule has 8 nitrogen and oxygen atoms in total. The lowest BCUT2D eigenvalue weighted by Crippen LogP contribution is -2.45. The van der Waals surface area contributed by atoms with Crippen LogP contribution in [-0.2, 0) is 23.9 Å². The lowest BCUT2D eigenvalue weighted by Gasteiger charge is -2.32. The quantitative estimate of drug-likeness (QED) is 0.351. The van der Waals surface area contributed by atoms with Crippen LogP contribution in [-0.4, -0.2) is 63.4 Å². The van der Waals surface area contributed by atoms with Gasteiger partial charge in [0.15, 0.2) is 5.65 Å². The number of likely N-dealkylation sites (tertiary alicyclic amines) is 1. The summed E-state index contributed by atoms with van der Waals surface area (Å²) in [4.78, 5) is 21.9. The summed E-state index contributed by atoms with van der Waals surface area (Å²) < 4.78 is 48.6. The largest absolute Gasteiger partial charge is 0.444 e. The van der Waals surface area contributed by atoms with Crippen molar-refractivity contribution in [2.45, 2.75) is 97.5 Å². The SMILES string of the molecule is Cc1c(Cc2c(CN3CCC(NC(=O)OC(C)(C)C)CC3)nc3c(C)cc(N4CCCCC4)nn23)cccc1C(F)(F)F. The van der Waals surface area contributed by atoms with Crippen LogP contribution >= 0.6 is 0 Å². The zero-order chi connectivity index (χ0) is 30.9. The van der Waals surface area contributed by atoms with Gasteiger partial charge in [0.25, 0.3) is 0 Å². The normalized spacial score (nSPS) is 17.4. The number of hydrogen-bond donors (Lipinski definition) is 1. The molecule has 0 unspecified atom stereocenters. The van der Waals surface area contributed by atoms with Gasteiger partial charge in [0.1, 0.15) is 11.4 Å². The van der Waals surface area contributed by atoms with E-state index in [1.54, 1.807) is 13.0 Å². The number of alkyl carbamates (subject to hydrolysis) is 1. The van der Waals surface area contributed by atoms with Crippen LogP contribution in [0.25, 0.3) is 5.65 Å². The molecule has 3 aromatic rings. The molecule has 43 heavy (non-hydrogen) atoms. The molecule has 0 aliphatic carbocycles. The van der Waals surface area contributed by atoms with Crippen molar-refractivity contribution >= 4 is 17.6 Å². The summed E-state index contributed by atoms with van der Waals surface area (Å²) in [6.07, 6.45) is 0.435. The third kappa shape index (κ3) is 7.42. The lowest BCUT2D eigenvalue weighted by molar-refractivity contribution is -0.138. The van der Waals surface area contributed by atoms with Gasteiger partial charge in [-0.15, -0.1) is 5.10 Å². The number of fused-ring (bicyclic) bond motifs is 1. The fourth-order valence-electron chi connectivity index (χ4n) is 6.11. The van der Waals surface area contributed by atoms with E-state index in [1.807, 2.05) is 32.2 Å². The number of aryl methyl sites for hydroxylation is 1. The molecular weight excluding hydrogens is 557 g/mol. The molecule has 1 N–H and O–H groups in total. The molecule has 0 spiro atoms. The number of benzene rings is 1. The van der Waals surface area contributed by atoms with Crippen LogP contribution < -0.4 is 10.2 Å². The van der Waals surface area contributed by atoms with Crippen LogP contribution in [0, 0.1) is 13.8 Å². The van der Waals surface area contributed by atoms with Gasteiger partial charge in [-0.3, -0.25) is 4.90 Å². The average Bonchev–Trinajstić information content (AvgIpc) is 3.27. The summed E-state index contributed by atoms with van der Waals surface area (Å²) in [5.41, 5.74) is 3.03. The Labute approximate surface area is 251 Å². The van der Waals surface area contributed by atoms with Crippen molar-refractivity contribution in [3.8, 4) is 0 Å². The van der Waals surface area contributed by atoms with Crippen LogP contribution in [0.1, 0.15) is 86.5 Å². The Kier molecular flexibility index (Phi) is 8.92. The number of aromatic nitrogens is 3. The zero-order valence-electron chi connectivity index (χ0n) is 25.9. The number of rotatable bonds is 6. The number of carbonyl (C=O) groups excluding carboxylic acids is 1. The number of piperidine rings is 2. The first-order valence-electron chi connectivity index (χ1n) is 15.3. The monoisotopic (exact) mass is 600 g/mol. The molecule has 11 heteroatoms. The van der Waals surface area contributed by atoms with Gasteiger partial charge in [-0.25, -0.2) is 14.3 Å². The highest BCUT2D eigenvalue weighted by molar-refractivity contribution is 5.68. The van der Waals surface area contributed by atoms with Crippen LogP contribution in [0.4, 0.5) is 23.8 Å². The maximum atomic E-state index is 13.8. The van der Waals surface area contributed by atoms with Gasteiger partial charge in [-0.05, 0) is 95.5 Å². The number of nitrogens with one attached hydrogen (secondary N) is 1. The standard InChI is InChI=1S/C32H43F3N6O2/c1-21-18-28(40-14-7-6-8-15-40)38-41-27(19-23-10-9-11-25(22(23)2)32(33,34)35)26(37-29(21)41)20-39-16-12-24(13-17-39)36-30(42)43-31(3,4)5/h9-11,18,24H,6-8,12-17,19-20H2,1-5H3,(H,36,42). The zero-order valence-corrected chi connectivity index (χ0v) is 25.9. The Hall–Kier alpha value is -3.34. The maximum absolute atomic E-state index is 13.8. The number of imidazole rings is 1. The van der Waals surface area contributed by atoms with E-state index in [-0.39, 0.29) is 11.6 Å².